The molecule has 1 heterocycles. The standard InChI is InChI=1S/C6H4BrF2IN2O2S/c7-3-1-2(5(8)9)4(10)6(12-3)15(11,13)14/h1,5H,(H2,11,13,14). The molecule has 15 heavy (non-hydrogen) atoms. The Morgan fingerprint density at radius 1 is 1.53 bits per heavy atom. The Bertz CT molecular complexity index is 494. The summed E-state index contributed by atoms with van der Waals surface area (Å²) < 4.78 is 46.9. The zero-order valence-corrected chi connectivity index (χ0v) is 11.5. The quantitative estimate of drug-likeness (QED) is 0.596. The van der Waals surface area contributed by atoms with Crippen LogP contribution >= 0.6 is 38.5 Å². The van der Waals surface area contributed by atoms with E-state index in [2.05, 4.69) is 20.9 Å². The highest BCUT2D eigenvalue weighted by Gasteiger charge is 2.22. The average Bonchev–Trinajstić information content (AvgIpc) is 2.06. The van der Waals surface area contributed by atoms with E-state index in [-0.39, 0.29) is 8.17 Å². The number of pyridine rings is 1. The van der Waals surface area contributed by atoms with E-state index in [0.717, 1.165) is 6.07 Å². The molecule has 0 saturated carbocycles. The Hall–Kier alpha value is 0.130. The molecule has 0 amide bonds. The van der Waals surface area contributed by atoms with E-state index in [0.29, 0.717) is 0 Å². The first-order valence-corrected chi connectivity index (χ1v) is 6.82. The summed E-state index contributed by atoms with van der Waals surface area (Å²) in [4.78, 5) is 3.55. The topological polar surface area (TPSA) is 73.1 Å². The molecule has 0 spiro atoms. The lowest BCUT2D eigenvalue weighted by Gasteiger charge is -2.07. The molecule has 0 aliphatic rings. The number of nitrogens with zero attached hydrogens (tertiary/aromatic N) is 1. The lowest BCUT2D eigenvalue weighted by atomic mass is 10.3. The molecule has 0 aliphatic heterocycles. The summed E-state index contributed by atoms with van der Waals surface area (Å²) in [5.74, 6) is 0. The molecule has 0 atom stereocenters. The normalized spacial score (nSPS) is 12.1. The number of sulfonamides is 1. The van der Waals surface area contributed by atoms with Gasteiger partial charge in [-0.1, -0.05) is 0 Å². The Kier molecular flexibility index (Phi) is 4.01. The number of rotatable bonds is 2. The Balaban J connectivity index is 3.56. The van der Waals surface area contributed by atoms with Gasteiger partial charge in [0.05, 0.1) is 3.57 Å². The van der Waals surface area contributed by atoms with Crippen molar-refractivity contribution in [2.75, 3.05) is 0 Å². The van der Waals surface area contributed by atoms with E-state index in [1.807, 2.05) is 0 Å². The van der Waals surface area contributed by atoms with Crippen molar-refractivity contribution in [2.24, 2.45) is 5.14 Å². The summed E-state index contributed by atoms with van der Waals surface area (Å²) in [6.45, 7) is 0. The number of nitrogens with two attached hydrogens (primary N) is 1. The second-order valence-electron chi connectivity index (χ2n) is 2.50. The fraction of sp³-hybridized carbons (Fsp3) is 0.167. The molecule has 9 heteroatoms. The first kappa shape index (κ1) is 13.2. The molecule has 1 rings (SSSR count). The van der Waals surface area contributed by atoms with Crippen molar-refractivity contribution in [2.45, 2.75) is 11.5 Å². The molecule has 2 N–H and O–H groups in total. The molecule has 0 aromatic carbocycles. The minimum absolute atomic E-state index is 0.00208. The largest absolute Gasteiger partial charge is 0.265 e. The van der Waals surface area contributed by atoms with E-state index in [9.17, 15) is 17.2 Å². The number of hydrogen-bond donors (Lipinski definition) is 1. The molecular formula is C6H4BrF2IN2O2S. The van der Waals surface area contributed by atoms with Gasteiger partial charge in [0.2, 0.25) is 0 Å². The highest BCUT2D eigenvalue weighted by molar-refractivity contribution is 14.1. The third kappa shape index (κ3) is 3.04. The Morgan fingerprint density at radius 2 is 2.07 bits per heavy atom. The average molecular weight is 413 g/mol. The molecule has 4 nitrogen and oxygen atoms in total. The smallest absolute Gasteiger partial charge is 0.227 e. The third-order valence-corrected chi connectivity index (χ3v) is 4.17. The van der Waals surface area contributed by atoms with Gasteiger partial charge in [0.1, 0.15) is 4.60 Å². The van der Waals surface area contributed by atoms with E-state index in [4.69, 9.17) is 5.14 Å². The molecule has 0 bridgehead atoms. The number of halogens is 4. The van der Waals surface area contributed by atoms with Crippen LogP contribution in [-0.2, 0) is 10.0 Å². The predicted octanol–water partition coefficient (Wildman–Crippen LogP) is 2.03. The number of alkyl halides is 2. The highest BCUT2D eigenvalue weighted by Crippen LogP contribution is 2.29. The van der Waals surface area contributed by atoms with E-state index in [1.165, 1.54) is 22.6 Å². The first-order valence-electron chi connectivity index (χ1n) is 3.40. The van der Waals surface area contributed by atoms with Crippen molar-refractivity contribution in [1.29, 1.82) is 0 Å². The van der Waals surface area contributed by atoms with Crippen molar-refractivity contribution in [3.63, 3.8) is 0 Å². The number of aromatic nitrogens is 1. The molecular weight excluding hydrogens is 409 g/mol. The van der Waals surface area contributed by atoms with Crippen LogP contribution in [0.3, 0.4) is 0 Å². The minimum atomic E-state index is -4.09. The minimum Gasteiger partial charge on any atom is -0.227 e. The van der Waals surface area contributed by atoms with E-state index < -0.39 is 27.0 Å². The number of primary sulfonamides is 1. The van der Waals surface area contributed by atoms with Crippen LogP contribution < -0.4 is 5.14 Å². The molecule has 1 aromatic rings. The molecule has 0 aliphatic carbocycles. The first-order chi connectivity index (χ1) is 6.73. The second kappa shape index (κ2) is 4.55. The van der Waals surface area contributed by atoms with E-state index >= 15 is 0 Å². The van der Waals surface area contributed by atoms with Crippen molar-refractivity contribution in [3.8, 4) is 0 Å². The van der Waals surface area contributed by atoms with Crippen molar-refractivity contribution in [1.82, 2.24) is 4.98 Å². The van der Waals surface area contributed by atoms with Gasteiger partial charge in [0, 0.05) is 5.56 Å². The van der Waals surface area contributed by atoms with Gasteiger partial charge in [-0.2, -0.15) is 0 Å². The predicted molar refractivity (Wildman–Crippen MR) is 61.0 cm³/mol. The van der Waals surface area contributed by atoms with Gasteiger partial charge in [-0.05, 0) is 44.6 Å². The fourth-order valence-electron chi connectivity index (χ4n) is 0.841. The van der Waals surface area contributed by atoms with Gasteiger partial charge in [-0.25, -0.2) is 27.3 Å². The number of hydrogen-bond acceptors (Lipinski definition) is 3. The maximum atomic E-state index is 12.5. The monoisotopic (exact) mass is 412 g/mol. The van der Waals surface area contributed by atoms with Crippen LogP contribution in [0.5, 0.6) is 0 Å². The summed E-state index contributed by atoms with van der Waals surface area (Å²) in [6.07, 6.45) is -2.78. The molecule has 1 aromatic heterocycles. The summed E-state index contributed by atoms with van der Waals surface area (Å²) in [5.41, 5.74) is -0.415. The summed E-state index contributed by atoms with van der Waals surface area (Å²) in [5, 5.41) is 4.29. The van der Waals surface area contributed by atoms with Crippen LogP contribution in [0.4, 0.5) is 8.78 Å². The zero-order valence-electron chi connectivity index (χ0n) is 6.92. The third-order valence-electron chi connectivity index (χ3n) is 1.43. The van der Waals surface area contributed by atoms with Gasteiger partial charge in [0.25, 0.3) is 16.4 Å². The highest BCUT2D eigenvalue weighted by atomic mass is 127. The molecule has 0 radical (unpaired) electrons. The van der Waals surface area contributed by atoms with Gasteiger partial charge in [-0.3, -0.25) is 0 Å². The van der Waals surface area contributed by atoms with Crippen LogP contribution in [0.25, 0.3) is 0 Å². The van der Waals surface area contributed by atoms with Gasteiger partial charge in [0.15, 0.2) is 5.03 Å². The molecule has 0 unspecified atom stereocenters. The maximum Gasteiger partial charge on any atom is 0.265 e. The van der Waals surface area contributed by atoms with Crippen LogP contribution in [0.15, 0.2) is 15.7 Å². The van der Waals surface area contributed by atoms with Crippen molar-refractivity contribution < 1.29 is 17.2 Å². The Labute approximate surface area is 107 Å². The fourth-order valence-corrected chi connectivity index (χ4v) is 3.41. The lowest BCUT2D eigenvalue weighted by molar-refractivity contribution is 0.149. The SMILES string of the molecule is NS(=O)(=O)c1nc(Br)cc(C(F)F)c1I. The van der Waals surface area contributed by atoms with E-state index in [1.54, 1.807) is 0 Å². The van der Waals surface area contributed by atoms with Crippen LogP contribution in [0.2, 0.25) is 0 Å². The molecule has 84 valence electrons. The van der Waals surface area contributed by atoms with Gasteiger partial charge < -0.3 is 0 Å². The summed E-state index contributed by atoms with van der Waals surface area (Å²) in [6, 6.07) is 1.06. The lowest BCUT2D eigenvalue weighted by Crippen LogP contribution is -2.17. The second-order valence-corrected chi connectivity index (χ2v) is 5.87. The maximum absolute atomic E-state index is 12.5. The molecule has 0 fully saturated rings. The summed E-state index contributed by atoms with van der Waals surface area (Å²) >= 11 is 4.32. The van der Waals surface area contributed by atoms with Crippen LogP contribution in [-0.4, -0.2) is 13.4 Å². The van der Waals surface area contributed by atoms with Crippen LogP contribution in [0, 0.1) is 3.57 Å². The van der Waals surface area contributed by atoms with Crippen molar-refractivity contribution in [3.05, 3.63) is 19.8 Å². The molecule has 0 saturated heterocycles. The summed E-state index contributed by atoms with van der Waals surface area (Å²) in [7, 11) is -4.09. The van der Waals surface area contributed by atoms with Crippen molar-refractivity contribution >= 4 is 48.5 Å². The van der Waals surface area contributed by atoms with Crippen LogP contribution in [0.1, 0.15) is 12.0 Å². The Morgan fingerprint density at radius 3 is 2.47 bits per heavy atom. The van der Waals surface area contributed by atoms with Gasteiger partial charge >= 0.3 is 0 Å². The zero-order chi connectivity index (χ0) is 11.8. The van der Waals surface area contributed by atoms with Gasteiger partial charge in [-0.15, -0.1) is 0 Å².